The lowest BCUT2D eigenvalue weighted by atomic mass is 10.2. The molecule has 146 valence electrons. The fourth-order valence-electron chi connectivity index (χ4n) is 3.02. The van der Waals surface area contributed by atoms with Gasteiger partial charge < -0.3 is 9.64 Å². The number of carbonyl (C=O) groups excluding carboxylic acids is 1. The van der Waals surface area contributed by atoms with E-state index in [1.54, 1.807) is 16.2 Å². The first-order valence-corrected chi connectivity index (χ1v) is 11.7. The third-order valence-electron chi connectivity index (χ3n) is 4.48. The van der Waals surface area contributed by atoms with Crippen LogP contribution in [0.1, 0.15) is 24.1 Å². The second kappa shape index (κ2) is 9.19. The van der Waals surface area contributed by atoms with Gasteiger partial charge in [-0.3, -0.25) is 4.79 Å². The van der Waals surface area contributed by atoms with Crippen molar-refractivity contribution < 1.29 is 17.9 Å². The number of carbonyl (C=O) groups is 1. The number of hydrogen-bond acceptors (Lipinski definition) is 5. The molecule has 1 fully saturated rings. The molecule has 3 rings (SSSR count). The maximum Gasteiger partial charge on any atom is 0.224 e. The van der Waals surface area contributed by atoms with Crippen LogP contribution in [0.4, 0.5) is 0 Å². The molecule has 1 aromatic heterocycles. The molecule has 2 aromatic rings. The van der Waals surface area contributed by atoms with E-state index in [1.165, 1.54) is 24.3 Å². The zero-order chi connectivity index (χ0) is 19.3. The van der Waals surface area contributed by atoms with Crippen LogP contribution in [0.25, 0.3) is 0 Å². The van der Waals surface area contributed by atoms with Crippen LogP contribution < -0.4 is 0 Å². The number of thiophene rings is 1. The van der Waals surface area contributed by atoms with Gasteiger partial charge in [-0.15, -0.1) is 11.3 Å². The van der Waals surface area contributed by atoms with Crippen LogP contribution in [0.15, 0.2) is 46.7 Å². The van der Waals surface area contributed by atoms with E-state index >= 15 is 0 Å². The number of rotatable bonds is 8. The largest absolute Gasteiger partial charge is 0.376 e. The molecule has 0 bridgehead atoms. The van der Waals surface area contributed by atoms with E-state index in [1.807, 2.05) is 17.5 Å². The van der Waals surface area contributed by atoms with Crippen molar-refractivity contribution in [2.45, 2.75) is 36.8 Å². The lowest BCUT2D eigenvalue weighted by Gasteiger charge is -2.25. The summed E-state index contributed by atoms with van der Waals surface area (Å²) in [6.07, 6.45) is 1.90. The van der Waals surface area contributed by atoms with Gasteiger partial charge in [-0.1, -0.05) is 17.7 Å². The molecule has 1 saturated heterocycles. The Hall–Kier alpha value is -1.41. The van der Waals surface area contributed by atoms with Gasteiger partial charge in [0.05, 0.1) is 23.3 Å². The Balaban J connectivity index is 1.64. The Bertz CT molecular complexity index is 844. The third-order valence-corrected chi connectivity index (χ3v) is 7.33. The van der Waals surface area contributed by atoms with Gasteiger partial charge in [0.2, 0.25) is 5.91 Å². The summed E-state index contributed by atoms with van der Waals surface area (Å²) in [5.41, 5.74) is 0. The first kappa shape index (κ1) is 20.3. The monoisotopic (exact) mass is 427 g/mol. The minimum Gasteiger partial charge on any atom is -0.376 e. The number of benzene rings is 1. The molecular weight excluding hydrogens is 406 g/mol. The second-order valence-electron chi connectivity index (χ2n) is 6.51. The number of halogens is 1. The summed E-state index contributed by atoms with van der Waals surface area (Å²) in [6, 6.07) is 9.94. The van der Waals surface area contributed by atoms with Crippen molar-refractivity contribution >= 4 is 38.7 Å². The van der Waals surface area contributed by atoms with Crippen molar-refractivity contribution in [1.29, 1.82) is 0 Å². The topological polar surface area (TPSA) is 63.7 Å². The number of ether oxygens (including phenoxy) is 1. The summed E-state index contributed by atoms with van der Waals surface area (Å²) in [7, 11) is -3.53. The second-order valence-corrected chi connectivity index (χ2v) is 10.1. The molecule has 1 amide bonds. The van der Waals surface area contributed by atoms with E-state index in [2.05, 4.69) is 0 Å². The highest BCUT2D eigenvalue weighted by atomic mass is 35.5. The van der Waals surface area contributed by atoms with Gasteiger partial charge in [0.1, 0.15) is 0 Å². The molecule has 1 aliphatic rings. The minimum absolute atomic E-state index is 0.0294. The van der Waals surface area contributed by atoms with E-state index in [0.29, 0.717) is 18.1 Å². The molecule has 0 radical (unpaired) electrons. The molecule has 0 aliphatic carbocycles. The number of hydrogen-bond donors (Lipinski definition) is 0. The lowest BCUT2D eigenvalue weighted by Crippen LogP contribution is -2.37. The van der Waals surface area contributed by atoms with Gasteiger partial charge >= 0.3 is 0 Å². The zero-order valence-corrected chi connectivity index (χ0v) is 17.2. The minimum atomic E-state index is -3.53. The number of nitrogens with zero attached hydrogens (tertiary/aromatic N) is 1. The Morgan fingerprint density at radius 3 is 2.67 bits per heavy atom. The molecule has 1 aromatic carbocycles. The van der Waals surface area contributed by atoms with Crippen LogP contribution in [0, 0.1) is 0 Å². The highest BCUT2D eigenvalue weighted by Crippen LogP contribution is 2.20. The molecule has 8 heteroatoms. The Morgan fingerprint density at radius 2 is 2.04 bits per heavy atom. The fraction of sp³-hybridized carbons (Fsp3) is 0.421. The normalized spacial score (nSPS) is 17.1. The van der Waals surface area contributed by atoms with Crippen LogP contribution in [0.2, 0.25) is 5.02 Å². The molecule has 1 atom stereocenters. The summed E-state index contributed by atoms with van der Waals surface area (Å²) in [4.78, 5) is 15.8. The molecule has 2 heterocycles. The lowest BCUT2D eigenvalue weighted by molar-refractivity contribution is -0.133. The molecule has 0 spiro atoms. The maximum atomic E-state index is 12.8. The molecule has 1 aliphatic heterocycles. The van der Waals surface area contributed by atoms with E-state index < -0.39 is 9.84 Å². The summed E-state index contributed by atoms with van der Waals surface area (Å²) in [6.45, 7) is 1.70. The molecule has 27 heavy (non-hydrogen) atoms. The first-order chi connectivity index (χ1) is 12.9. The quantitative estimate of drug-likeness (QED) is 0.643. The smallest absolute Gasteiger partial charge is 0.224 e. The van der Waals surface area contributed by atoms with Crippen LogP contribution >= 0.6 is 22.9 Å². The summed E-state index contributed by atoms with van der Waals surface area (Å²) in [5.74, 6) is -0.392. The standard InChI is InChI=1S/C19H22ClNO4S2/c20-15-5-7-18(8-6-15)27(23,24)12-9-19(22)21(13-16-3-1-10-25-16)14-17-4-2-11-26-17/h2,4-8,11,16H,1,3,9-10,12-14H2. The van der Waals surface area contributed by atoms with Gasteiger partial charge in [0.15, 0.2) is 9.84 Å². The first-order valence-electron chi connectivity index (χ1n) is 8.84. The van der Waals surface area contributed by atoms with Crippen molar-refractivity contribution in [3.63, 3.8) is 0 Å². The number of amides is 1. The SMILES string of the molecule is O=C(CCS(=O)(=O)c1ccc(Cl)cc1)N(Cc1cccs1)CC1CCCO1. The van der Waals surface area contributed by atoms with E-state index in [9.17, 15) is 13.2 Å². The van der Waals surface area contributed by atoms with Crippen LogP contribution in [0.5, 0.6) is 0 Å². The van der Waals surface area contributed by atoms with Crippen LogP contribution in [-0.2, 0) is 25.9 Å². The highest BCUT2D eigenvalue weighted by Gasteiger charge is 2.25. The van der Waals surface area contributed by atoms with Crippen molar-refractivity contribution in [2.75, 3.05) is 18.9 Å². The zero-order valence-electron chi connectivity index (χ0n) is 14.8. The van der Waals surface area contributed by atoms with Crippen molar-refractivity contribution in [2.24, 2.45) is 0 Å². The van der Waals surface area contributed by atoms with Gasteiger partial charge in [-0.2, -0.15) is 0 Å². The van der Waals surface area contributed by atoms with Crippen molar-refractivity contribution in [1.82, 2.24) is 4.90 Å². The predicted octanol–water partition coefficient (Wildman–Crippen LogP) is 3.77. The van der Waals surface area contributed by atoms with E-state index in [-0.39, 0.29) is 29.1 Å². The summed E-state index contributed by atoms with van der Waals surface area (Å²) < 4.78 is 30.6. The van der Waals surface area contributed by atoms with Gasteiger partial charge in [-0.25, -0.2) is 8.42 Å². The predicted molar refractivity (Wildman–Crippen MR) is 107 cm³/mol. The van der Waals surface area contributed by atoms with E-state index in [0.717, 1.165) is 24.3 Å². The van der Waals surface area contributed by atoms with Crippen molar-refractivity contribution in [3.05, 3.63) is 51.7 Å². The molecule has 0 saturated carbocycles. The van der Waals surface area contributed by atoms with Gasteiger partial charge in [-0.05, 0) is 48.6 Å². The summed E-state index contributed by atoms with van der Waals surface area (Å²) >= 11 is 7.40. The van der Waals surface area contributed by atoms with Crippen LogP contribution in [0.3, 0.4) is 0 Å². The molecule has 1 unspecified atom stereocenters. The van der Waals surface area contributed by atoms with Gasteiger partial charge in [0, 0.05) is 29.5 Å². The Morgan fingerprint density at radius 1 is 1.26 bits per heavy atom. The molecular formula is C19H22ClNO4S2. The Kier molecular flexibility index (Phi) is 6.92. The van der Waals surface area contributed by atoms with Crippen LogP contribution in [-0.4, -0.2) is 44.2 Å². The highest BCUT2D eigenvalue weighted by molar-refractivity contribution is 7.91. The molecule has 0 N–H and O–H groups in total. The fourth-order valence-corrected chi connectivity index (χ4v) is 5.09. The third kappa shape index (κ3) is 5.78. The average Bonchev–Trinajstić information content (AvgIpc) is 3.34. The maximum absolute atomic E-state index is 12.8. The van der Waals surface area contributed by atoms with Crippen molar-refractivity contribution in [3.8, 4) is 0 Å². The van der Waals surface area contributed by atoms with E-state index in [4.69, 9.17) is 16.3 Å². The van der Waals surface area contributed by atoms with Gasteiger partial charge in [0.25, 0.3) is 0 Å². The molecule has 5 nitrogen and oxygen atoms in total. The average molecular weight is 428 g/mol. The number of sulfone groups is 1. The Labute approximate surface area is 168 Å². The summed E-state index contributed by atoms with van der Waals surface area (Å²) in [5, 5.41) is 2.44.